The summed E-state index contributed by atoms with van der Waals surface area (Å²) >= 11 is 9.26. The largest absolute Gasteiger partial charge is 0.110 e. The van der Waals surface area contributed by atoms with Crippen molar-refractivity contribution < 1.29 is 0 Å². The Morgan fingerprint density at radius 3 is 2.60 bits per heavy atom. The quantitative estimate of drug-likeness (QED) is 0.714. The highest BCUT2D eigenvalue weighted by Gasteiger charge is 2.03. The predicted molar refractivity (Wildman–Crippen MR) is 70.8 cm³/mol. The molecule has 0 bridgehead atoms. The molecule has 0 aromatic heterocycles. The lowest BCUT2D eigenvalue weighted by Crippen LogP contribution is -1.92. The molecule has 1 atom stereocenters. The fraction of sp³-hybridized carbons (Fsp3) is 0.231. The van der Waals surface area contributed by atoms with Crippen molar-refractivity contribution >= 4 is 38.3 Å². The average molecular weight is 284 g/mol. The molecule has 0 N–H and O–H groups in total. The van der Waals surface area contributed by atoms with Crippen molar-refractivity contribution in [3.63, 3.8) is 0 Å². The molecule has 2 aromatic rings. The molecule has 2 rings (SSSR count). The van der Waals surface area contributed by atoms with Gasteiger partial charge in [0.1, 0.15) is 0 Å². The molecule has 1 unspecified atom stereocenters. The van der Waals surface area contributed by atoms with E-state index in [1.165, 1.54) is 16.3 Å². The summed E-state index contributed by atoms with van der Waals surface area (Å²) in [6.07, 6.45) is 1.97. The lowest BCUT2D eigenvalue weighted by molar-refractivity contribution is 0.913. The zero-order valence-corrected chi connectivity index (χ0v) is 10.6. The van der Waals surface area contributed by atoms with Crippen LogP contribution in [0.4, 0.5) is 0 Å². The molecule has 2 heteroatoms. The SMILES string of the molecule is ClC(Br)CCc1cccc2ccccc12. The Bertz CT molecular complexity index is 446. The maximum absolute atomic E-state index is 5.90. The first-order chi connectivity index (χ1) is 7.27. The van der Waals surface area contributed by atoms with Crippen LogP contribution in [0.3, 0.4) is 0 Å². The number of halogens is 2. The third kappa shape index (κ3) is 2.73. The van der Waals surface area contributed by atoms with Gasteiger partial charge in [0.15, 0.2) is 0 Å². The van der Waals surface area contributed by atoms with Gasteiger partial charge in [0, 0.05) is 0 Å². The molecule has 0 nitrogen and oxygen atoms in total. The van der Waals surface area contributed by atoms with Crippen LogP contribution in [0.15, 0.2) is 42.5 Å². The molecule has 0 spiro atoms. The number of hydrogen-bond acceptors (Lipinski definition) is 0. The van der Waals surface area contributed by atoms with Crippen LogP contribution in [-0.2, 0) is 6.42 Å². The second kappa shape index (κ2) is 5.00. The monoisotopic (exact) mass is 282 g/mol. The van der Waals surface area contributed by atoms with Gasteiger partial charge in [0.05, 0.1) is 4.29 Å². The van der Waals surface area contributed by atoms with Crippen LogP contribution in [0.25, 0.3) is 10.8 Å². The van der Waals surface area contributed by atoms with Crippen molar-refractivity contribution in [3.8, 4) is 0 Å². The Labute approximate surface area is 103 Å². The van der Waals surface area contributed by atoms with Crippen molar-refractivity contribution in [2.24, 2.45) is 0 Å². The second-order valence-electron chi connectivity index (χ2n) is 3.57. The Morgan fingerprint density at radius 2 is 1.80 bits per heavy atom. The maximum atomic E-state index is 5.90. The molecular formula is C13H12BrCl. The Morgan fingerprint density at radius 1 is 1.07 bits per heavy atom. The van der Waals surface area contributed by atoms with Gasteiger partial charge in [-0.1, -0.05) is 58.4 Å². The summed E-state index contributed by atoms with van der Waals surface area (Å²) < 4.78 is 0.0662. The van der Waals surface area contributed by atoms with Crippen LogP contribution >= 0.6 is 27.5 Å². The highest BCUT2D eigenvalue weighted by molar-refractivity contribution is 9.10. The van der Waals surface area contributed by atoms with Gasteiger partial charge in [-0.2, -0.15) is 0 Å². The summed E-state index contributed by atoms with van der Waals surface area (Å²) in [6, 6.07) is 14.9. The zero-order chi connectivity index (χ0) is 10.7. The van der Waals surface area contributed by atoms with Crippen molar-refractivity contribution in [2.75, 3.05) is 0 Å². The number of fused-ring (bicyclic) bond motifs is 1. The Kier molecular flexibility index (Phi) is 3.66. The number of alkyl halides is 2. The average Bonchev–Trinajstić information content (AvgIpc) is 2.26. The van der Waals surface area contributed by atoms with Crippen molar-refractivity contribution in [2.45, 2.75) is 17.1 Å². The number of hydrogen-bond donors (Lipinski definition) is 0. The van der Waals surface area contributed by atoms with Gasteiger partial charge < -0.3 is 0 Å². The summed E-state index contributed by atoms with van der Waals surface area (Å²) in [6.45, 7) is 0. The predicted octanol–water partition coefficient (Wildman–Crippen LogP) is 4.73. The van der Waals surface area contributed by atoms with Gasteiger partial charge in [-0.15, -0.1) is 11.6 Å². The molecule has 0 aliphatic rings. The molecule has 0 radical (unpaired) electrons. The third-order valence-corrected chi connectivity index (χ3v) is 3.19. The van der Waals surface area contributed by atoms with Gasteiger partial charge in [-0.3, -0.25) is 0 Å². The van der Waals surface area contributed by atoms with E-state index in [0.29, 0.717) is 0 Å². The van der Waals surface area contributed by atoms with E-state index in [9.17, 15) is 0 Å². The summed E-state index contributed by atoms with van der Waals surface area (Å²) in [5.41, 5.74) is 1.37. The zero-order valence-electron chi connectivity index (χ0n) is 8.29. The minimum absolute atomic E-state index is 0.0662. The van der Waals surface area contributed by atoms with Gasteiger partial charge in [-0.25, -0.2) is 0 Å². The standard InChI is InChI=1S/C13H12BrCl/c14-13(15)9-8-11-6-3-5-10-4-1-2-7-12(10)11/h1-7,13H,8-9H2. The van der Waals surface area contributed by atoms with E-state index < -0.39 is 0 Å². The Hall–Kier alpha value is -0.530. The third-order valence-electron chi connectivity index (χ3n) is 2.51. The van der Waals surface area contributed by atoms with Crippen molar-refractivity contribution in [1.82, 2.24) is 0 Å². The Balaban J connectivity index is 2.34. The molecule has 15 heavy (non-hydrogen) atoms. The van der Waals surface area contributed by atoms with Crippen LogP contribution in [0, 0.1) is 0 Å². The van der Waals surface area contributed by atoms with Gasteiger partial charge in [-0.05, 0) is 29.2 Å². The molecule has 78 valence electrons. The van der Waals surface area contributed by atoms with Crippen LogP contribution in [0.1, 0.15) is 12.0 Å². The first-order valence-electron chi connectivity index (χ1n) is 5.02. The highest BCUT2D eigenvalue weighted by atomic mass is 79.9. The normalized spacial score (nSPS) is 12.9. The molecule has 2 aromatic carbocycles. The first-order valence-corrected chi connectivity index (χ1v) is 6.37. The summed E-state index contributed by atoms with van der Waals surface area (Å²) in [5, 5.41) is 2.64. The van der Waals surface area contributed by atoms with Crippen molar-refractivity contribution in [1.29, 1.82) is 0 Å². The van der Waals surface area contributed by atoms with Gasteiger partial charge >= 0.3 is 0 Å². The minimum Gasteiger partial charge on any atom is -0.110 e. The van der Waals surface area contributed by atoms with Crippen LogP contribution < -0.4 is 0 Å². The fourth-order valence-corrected chi connectivity index (χ4v) is 2.11. The summed E-state index contributed by atoms with van der Waals surface area (Å²) in [4.78, 5) is 0. The van der Waals surface area contributed by atoms with E-state index in [0.717, 1.165) is 12.8 Å². The van der Waals surface area contributed by atoms with Crippen LogP contribution in [-0.4, -0.2) is 4.29 Å². The lowest BCUT2D eigenvalue weighted by atomic mass is 10.0. The van der Waals surface area contributed by atoms with Gasteiger partial charge in [0.2, 0.25) is 0 Å². The van der Waals surface area contributed by atoms with E-state index in [4.69, 9.17) is 11.6 Å². The second-order valence-corrected chi connectivity index (χ2v) is 5.73. The molecule has 0 saturated heterocycles. The minimum atomic E-state index is 0.0662. The number of benzene rings is 2. The van der Waals surface area contributed by atoms with E-state index in [-0.39, 0.29) is 4.29 Å². The molecule has 0 amide bonds. The molecular weight excluding hydrogens is 272 g/mol. The molecule has 0 aliphatic heterocycles. The van der Waals surface area contributed by atoms with E-state index in [1.54, 1.807) is 0 Å². The van der Waals surface area contributed by atoms with Crippen LogP contribution in [0.2, 0.25) is 0 Å². The fourth-order valence-electron chi connectivity index (χ4n) is 1.78. The lowest BCUT2D eigenvalue weighted by Gasteiger charge is -2.06. The van der Waals surface area contributed by atoms with E-state index in [2.05, 4.69) is 58.4 Å². The molecule has 0 saturated carbocycles. The van der Waals surface area contributed by atoms with Crippen LogP contribution in [0.5, 0.6) is 0 Å². The topological polar surface area (TPSA) is 0 Å². The molecule has 0 heterocycles. The van der Waals surface area contributed by atoms with E-state index in [1.807, 2.05) is 0 Å². The first kappa shape index (κ1) is 11.0. The highest BCUT2D eigenvalue weighted by Crippen LogP contribution is 2.22. The smallest absolute Gasteiger partial charge is 0.0889 e. The molecule has 0 aliphatic carbocycles. The number of aryl methyl sites for hydroxylation is 1. The maximum Gasteiger partial charge on any atom is 0.0889 e. The van der Waals surface area contributed by atoms with Gasteiger partial charge in [0.25, 0.3) is 0 Å². The molecule has 0 fully saturated rings. The van der Waals surface area contributed by atoms with E-state index >= 15 is 0 Å². The summed E-state index contributed by atoms with van der Waals surface area (Å²) in [5.74, 6) is 0. The van der Waals surface area contributed by atoms with Crippen molar-refractivity contribution in [3.05, 3.63) is 48.0 Å². The number of rotatable bonds is 3. The summed E-state index contributed by atoms with van der Waals surface area (Å²) in [7, 11) is 0.